The summed E-state index contributed by atoms with van der Waals surface area (Å²) in [4.78, 5) is 11.2. The molecule has 16 heavy (non-hydrogen) atoms. The minimum Gasteiger partial charge on any atom is -0.496 e. The van der Waals surface area contributed by atoms with Crippen molar-refractivity contribution in [1.29, 1.82) is 0 Å². The molecule has 0 aliphatic heterocycles. The molecule has 5 nitrogen and oxygen atoms in total. The van der Waals surface area contributed by atoms with Crippen LogP contribution < -0.4 is 10.4 Å². The molecule has 2 N–H and O–H groups in total. The van der Waals surface area contributed by atoms with Gasteiger partial charge in [0.2, 0.25) is 0 Å². The standard InChI is InChI=1S/C11H14O5/c1-6(7(2)13)11-8(5-12)9(15-3)4-10(14)16-11/h4,7,12-13H,1,5H2,2-3H3. The SMILES string of the molecule is C=C(c1oc(=O)cc(OC)c1CO)C(C)O. The van der Waals surface area contributed by atoms with E-state index in [2.05, 4.69) is 6.58 Å². The zero-order chi connectivity index (χ0) is 12.3. The van der Waals surface area contributed by atoms with Crippen LogP contribution in [0.25, 0.3) is 5.57 Å². The molecule has 0 fully saturated rings. The average Bonchev–Trinajstić information content (AvgIpc) is 2.26. The molecular weight excluding hydrogens is 212 g/mol. The lowest BCUT2D eigenvalue weighted by molar-refractivity contribution is 0.245. The summed E-state index contributed by atoms with van der Waals surface area (Å²) in [6.45, 7) is 4.72. The fraction of sp³-hybridized carbons (Fsp3) is 0.364. The fourth-order valence-corrected chi connectivity index (χ4v) is 1.28. The van der Waals surface area contributed by atoms with Crippen molar-refractivity contribution in [3.63, 3.8) is 0 Å². The number of rotatable bonds is 4. The van der Waals surface area contributed by atoms with E-state index >= 15 is 0 Å². The summed E-state index contributed by atoms with van der Waals surface area (Å²) >= 11 is 0. The number of methoxy groups -OCH3 is 1. The maximum atomic E-state index is 11.2. The Kier molecular flexibility index (Phi) is 3.87. The van der Waals surface area contributed by atoms with Gasteiger partial charge >= 0.3 is 5.63 Å². The van der Waals surface area contributed by atoms with Crippen molar-refractivity contribution in [1.82, 2.24) is 0 Å². The summed E-state index contributed by atoms with van der Waals surface area (Å²) in [7, 11) is 1.38. The van der Waals surface area contributed by atoms with Crippen LogP contribution in [0.3, 0.4) is 0 Å². The van der Waals surface area contributed by atoms with Gasteiger partial charge in [0.1, 0.15) is 11.5 Å². The lowest BCUT2D eigenvalue weighted by atomic mass is 10.1. The van der Waals surface area contributed by atoms with E-state index in [0.29, 0.717) is 5.56 Å². The van der Waals surface area contributed by atoms with Crippen molar-refractivity contribution in [2.75, 3.05) is 7.11 Å². The number of aliphatic hydroxyl groups is 2. The van der Waals surface area contributed by atoms with Crippen molar-refractivity contribution < 1.29 is 19.4 Å². The summed E-state index contributed by atoms with van der Waals surface area (Å²) in [5, 5.41) is 18.6. The third-order valence-electron chi connectivity index (χ3n) is 2.20. The van der Waals surface area contributed by atoms with Gasteiger partial charge in [-0.2, -0.15) is 0 Å². The molecular formula is C11H14O5. The minimum atomic E-state index is -0.874. The van der Waals surface area contributed by atoms with Crippen LogP contribution in [0.15, 0.2) is 21.9 Å². The quantitative estimate of drug-likeness (QED) is 0.783. The fourth-order valence-electron chi connectivity index (χ4n) is 1.28. The zero-order valence-corrected chi connectivity index (χ0v) is 9.19. The lowest BCUT2D eigenvalue weighted by Gasteiger charge is -2.13. The van der Waals surface area contributed by atoms with E-state index in [1.54, 1.807) is 0 Å². The van der Waals surface area contributed by atoms with Crippen molar-refractivity contribution in [3.05, 3.63) is 34.4 Å². The molecule has 88 valence electrons. The van der Waals surface area contributed by atoms with Gasteiger partial charge in [-0.15, -0.1) is 0 Å². The van der Waals surface area contributed by atoms with Crippen molar-refractivity contribution in [2.45, 2.75) is 19.6 Å². The maximum absolute atomic E-state index is 11.2. The molecule has 5 heteroatoms. The molecule has 1 aromatic heterocycles. The molecule has 0 aromatic carbocycles. The molecule has 1 rings (SSSR count). The van der Waals surface area contributed by atoms with Crippen LogP contribution in [0.4, 0.5) is 0 Å². The first-order valence-electron chi connectivity index (χ1n) is 4.70. The van der Waals surface area contributed by atoms with Crippen LogP contribution in [0, 0.1) is 0 Å². The Balaban J connectivity index is 3.42. The second kappa shape index (κ2) is 4.96. The van der Waals surface area contributed by atoms with Gasteiger partial charge in [0.05, 0.1) is 31.5 Å². The Morgan fingerprint density at radius 3 is 2.75 bits per heavy atom. The smallest absolute Gasteiger partial charge is 0.339 e. The van der Waals surface area contributed by atoms with E-state index in [1.807, 2.05) is 0 Å². The van der Waals surface area contributed by atoms with Gasteiger partial charge in [0.15, 0.2) is 0 Å². The molecule has 0 bridgehead atoms. The van der Waals surface area contributed by atoms with E-state index in [4.69, 9.17) is 9.15 Å². The van der Waals surface area contributed by atoms with Gasteiger partial charge in [-0.3, -0.25) is 0 Å². The van der Waals surface area contributed by atoms with E-state index in [-0.39, 0.29) is 23.7 Å². The molecule has 0 saturated carbocycles. The van der Waals surface area contributed by atoms with Gasteiger partial charge < -0.3 is 19.4 Å². The van der Waals surface area contributed by atoms with Gasteiger partial charge in [-0.25, -0.2) is 4.79 Å². The predicted molar refractivity (Wildman–Crippen MR) is 58.2 cm³/mol. The lowest BCUT2D eigenvalue weighted by Crippen LogP contribution is -2.11. The van der Waals surface area contributed by atoms with Crippen LogP contribution in [0.1, 0.15) is 18.2 Å². The van der Waals surface area contributed by atoms with Crippen LogP contribution >= 0.6 is 0 Å². The summed E-state index contributed by atoms with van der Waals surface area (Å²) in [5.41, 5.74) is -0.0982. The van der Waals surface area contributed by atoms with Crippen LogP contribution in [-0.2, 0) is 6.61 Å². The molecule has 0 spiro atoms. The highest BCUT2D eigenvalue weighted by Crippen LogP contribution is 2.26. The number of hydrogen-bond donors (Lipinski definition) is 2. The molecule has 0 amide bonds. The monoisotopic (exact) mass is 226 g/mol. The van der Waals surface area contributed by atoms with Gasteiger partial charge in [0, 0.05) is 5.57 Å². The Hall–Kier alpha value is -1.59. The summed E-state index contributed by atoms with van der Waals surface area (Å²) in [5.74, 6) is 0.289. The molecule has 0 aliphatic carbocycles. The predicted octanol–water partition coefficient (Wildman–Crippen LogP) is 0.535. The first-order valence-corrected chi connectivity index (χ1v) is 4.70. The highest BCUT2D eigenvalue weighted by atomic mass is 16.5. The van der Waals surface area contributed by atoms with Crippen LogP contribution in [0.5, 0.6) is 5.75 Å². The molecule has 1 unspecified atom stereocenters. The number of aliphatic hydroxyl groups excluding tert-OH is 2. The largest absolute Gasteiger partial charge is 0.496 e. The average molecular weight is 226 g/mol. The van der Waals surface area contributed by atoms with Gasteiger partial charge in [0.25, 0.3) is 0 Å². The second-order valence-electron chi connectivity index (χ2n) is 3.30. The third-order valence-corrected chi connectivity index (χ3v) is 2.20. The molecule has 0 saturated heterocycles. The third kappa shape index (κ3) is 2.32. The van der Waals surface area contributed by atoms with Crippen molar-refractivity contribution >= 4 is 5.57 Å². The van der Waals surface area contributed by atoms with E-state index in [1.165, 1.54) is 14.0 Å². The summed E-state index contributed by atoms with van der Waals surface area (Å²) in [6.07, 6.45) is -0.874. The Bertz CT molecular complexity index is 444. The minimum absolute atomic E-state index is 0.0712. The van der Waals surface area contributed by atoms with Crippen LogP contribution in [-0.4, -0.2) is 23.4 Å². The molecule has 1 heterocycles. The number of ether oxygens (including phenoxy) is 1. The molecule has 0 radical (unpaired) electrons. The Morgan fingerprint density at radius 2 is 2.31 bits per heavy atom. The topological polar surface area (TPSA) is 79.9 Å². The molecule has 0 aliphatic rings. The van der Waals surface area contributed by atoms with Gasteiger partial charge in [-0.1, -0.05) is 6.58 Å². The van der Waals surface area contributed by atoms with Crippen molar-refractivity contribution in [2.24, 2.45) is 0 Å². The van der Waals surface area contributed by atoms with Gasteiger partial charge in [-0.05, 0) is 6.92 Å². The van der Waals surface area contributed by atoms with E-state index < -0.39 is 11.7 Å². The first kappa shape index (κ1) is 12.5. The Labute approximate surface area is 92.6 Å². The second-order valence-corrected chi connectivity index (χ2v) is 3.30. The highest BCUT2D eigenvalue weighted by Gasteiger charge is 2.18. The summed E-state index contributed by atoms with van der Waals surface area (Å²) in [6, 6.07) is 1.13. The molecule has 1 atom stereocenters. The van der Waals surface area contributed by atoms with E-state index in [9.17, 15) is 15.0 Å². The first-order chi connectivity index (χ1) is 7.51. The number of hydrogen-bond acceptors (Lipinski definition) is 5. The highest BCUT2D eigenvalue weighted by molar-refractivity contribution is 5.66. The maximum Gasteiger partial charge on any atom is 0.339 e. The molecule has 1 aromatic rings. The zero-order valence-electron chi connectivity index (χ0n) is 9.19. The normalized spacial score (nSPS) is 12.2. The Morgan fingerprint density at radius 1 is 1.69 bits per heavy atom. The summed E-state index contributed by atoms with van der Waals surface area (Å²) < 4.78 is 9.85. The van der Waals surface area contributed by atoms with E-state index in [0.717, 1.165) is 6.07 Å². The van der Waals surface area contributed by atoms with Crippen LogP contribution in [0.2, 0.25) is 0 Å². The van der Waals surface area contributed by atoms with Crippen molar-refractivity contribution in [3.8, 4) is 5.75 Å².